The molecule has 1 atom stereocenters. The van der Waals surface area contributed by atoms with Crippen molar-refractivity contribution in [2.45, 2.75) is 12.5 Å². The molecule has 0 saturated carbocycles. The zero-order valence-corrected chi connectivity index (χ0v) is 11.6. The number of carbonyl (C=O) groups is 1. The van der Waals surface area contributed by atoms with Gasteiger partial charge < -0.3 is 9.47 Å². The first-order valence-corrected chi connectivity index (χ1v) is 6.01. The molecular formula is C14H13BrO3. The van der Waals surface area contributed by atoms with E-state index in [0.717, 1.165) is 4.47 Å². The van der Waals surface area contributed by atoms with E-state index in [4.69, 9.17) is 15.9 Å². The van der Waals surface area contributed by atoms with Crippen molar-refractivity contribution in [1.29, 1.82) is 0 Å². The SMILES string of the molecule is C#CC(C)(OC(=O)OCC=C)c1ccc(Br)cc1. The van der Waals surface area contributed by atoms with Gasteiger partial charge in [0.05, 0.1) is 0 Å². The summed E-state index contributed by atoms with van der Waals surface area (Å²) in [5.41, 5.74) is -0.456. The van der Waals surface area contributed by atoms with Crippen LogP contribution in [0.15, 0.2) is 41.4 Å². The maximum atomic E-state index is 11.4. The van der Waals surface area contributed by atoms with Crippen molar-refractivity contribution >= 4 is 22.1 Å². The molecule has 0 N–H and O–H groups in total. The van der Waals surface area contributed by atoms with Gasteiger partial charge in [0.2, 0.25) is 0 Å². The second kappa shape index (κ2) is 6.27. The molecule has 3 nitrogen and oxygen atoms in total. The quantitative estimate of drug-likeness (QED) is 0.484. The van der Waals surface area contributed by atoms with Crippen LogP contribution < -0.4 is 0 Å². The average Bonchev–Trinajstić information content (AvgIpc) is 2.37. The normalized spacial score (nSPS) is 12.9. The van der Waals surface area contributed by atoms with Gasteiger partial charge in [-0.15, -0.1) is 6.42 Å². The molecule has 0 aliphatic heterocycles. The summed E-state index contributed by atoms with van der Waals surface area (Å²) < 4.78 is 10.8. The van der Waals surface area contributed by atoms with Crippen LogP contribution in [0.5, 0.6) is 0 Å². The molecule has 0 aliphatic carbocycles. The number of carbonyl (C=O) groups excluding carboxylic acids is 1. The fourth-order valence-corrected chi connectivity index (χ4v) is 1.53. The van der Waals surface area contributed by atoms with E-state index in [0.29, 0.717) is 5.56 Å². The monoisotopic (exact) mass is 308 g/mol. The first-order valence-electron chi connectivity index (χ1n) is 5.22. The Hall–Kier alpha value is -1.73. The Bertz CT molecular complexity index is 473. The van der Waals surface area contributed by atoms with Crippen LogP contribution in [0.1, 0.15) is 12.5 Å². The number of terminal acetylenes is 1. The first kappa shape index (κ1) is 14.3. The Morgan fingerprint density at radius 2 is 2.17 bits per heavy atom. The van der Waals surface area contributed by atoms with Gasteiger partial charge in [0.1, 0.15) is 6.61 Å². The lowest BCUT2D eigenvalue weighted by molar-refractivity contribution is 0.00521. The van der Waals surface area contributed by atoms with Gasteiger partial charge in [-0.3, -0.25) is 0 Å². The molecule has 0 radical (unpaired) electrons. The smallest absolute Gasteiger partial charge is 0.430 e. The Balaban J connectivity index is 2.86. The van der Waals surface area contributed by atoms with Crippen molar-refractivity contribution in [3.8, 4) is 12.3 Å². The molecule has 0 aromatic heterocycles. The number of ether oxygens (including phenoxy) is 2. The summed E-state index contributed by atoms with van der Waals surface area (Å²) in [5.74, 6) is 2.46. The number of benzene rings is 1. The van der Waals surface area contributed by atoms with E-state index in [1.165, 1.54) is 6.08 Å². The average molecular weight is 309 g/mol. The van der Waals surface area contributed by atoms with E-state index in [1.807, 2.05) is 12.1 Å². The molecule has 0 aliphatic rings. The Morgan fingerprint density at radius 1 is 1.56 bits per heavy atom. The number of hydrogen-bond acceptors (Lipinski definition) is 3. The maximum Gasteiger partial charge on any atom is 0.510 e. The van der Waals surface area contributed by atoms with Gasteiger partial charge in [-0.1, -0.05) is 46.6 Å². The summed E-state index contributed by atoms with van der Waals surface area (Å²) in [6.07, 6.45) is 6.07. The second-order valence-electron chi connectivity index (χ2n) is 3.64. The summed E-state index contributed by atoms with van der Waals surface area (Å²) in [7, 11) is 0. The van der Waals surface area contributed by atoms with Crippen molar-refractivity contribution in [3.05, 3.63) is 47.0 Å². The summed E-state index contributed by atoms with van der Waals surface area (Å²) >= 11 is 3.32. The molecule has 94 valence electrons. The zero-order chi connectivity index (χ0) is 13.6. The lowest BCUT2D eigenvalue weighted by Crippen LogP contribution is -2.27. The van der Waals surface area contributed by atoms with E-state index < -0.39 is 11.8 Å². The zero-order valence-electron chi connectivity index (χ0n) is 9.98. The van der Waals surface area contributed by atoms with Gasteiger partial charge >= 0.3 is 6.16 Å². The predicted molar refractivity (Wildman–Crippen MR) is 73.0 cm³/mol. The van der Waals surface area contributed by atoms with Crippen LogP contribution in [0, 0.1) is 12.3 Å². The predicted octanol–water partition coefficient (Wildman–Crippen LogP) is 3.64. The molecule has 0 amide bonds. The molecule has 1 unspecified atom stereocenters. The second-order valence-corrected chi connectivity index (χ2v) is 4.55. The van der Waals surface area contributed by atoms with E-state index in [2.05, 4.69) is 28.4 Å². The third kappa shape index (κ3) is 3.64. The molecule has 0 spiro atoms. The fourth-order valence-electron chi connectivity index (χ4n) is 1.26. The molecule has 1 rings (SSSR count). The molecule has 0 saturated heterocycles. The topological polar surface area (TPSA) is 35.5 Å². The first-order chi connectivity index (χ1) is 8.51. The van der Waals surface area contributed by atoms with Crippen LogP contribution in [-0.4, -0.2) is 12.8 Å². The van der Waals surface area contributed by atoms with E-state index >= 15 is 0 Å². The summed E-state index contributed by atoms with van der Waals surface area (Å²) in [6, 6.07) is 7.21. The lowest BCUT2D eigenvalue weighted by Gasteiger charge is -2.23. The molecule has 0 heterocycles. The van der Waals surface area contributed by atoms with Crippen molar-refractivity contribution in [3.63, 3.8) is 0 Å². The molecule has 1 aromatic carbocycles. The largest absolute Gasteiger partial charge is 0.510 e. The van der Waals surface area contributed by atoms with Crippen molar-refractivity contribution in [2.75, 3.05) is 6.61 Å². The van der Waals surface area contributed by atoms with Gasteiger partial charge in [0, 0.05) is 10.0 Å². The Labute approximate surface area is 115 Å². The van der Waals surface area contributed by atoms with Crippen molar-refractivity contribution in [2.24, 2.45) is 0 Å². The third-order valence-electron chi connectivity index (χ3n) is 2.28. The number of hydrogen-bond donors (Lipinski definition) is 0. The lowest BCUT2D eigenvalue weighted by atomic mass is 9.97. The molecule has 0 fully saturated rings. The maximum absolute atomic E-state index is 11.4. The van der Waals surface area contributed by atoms with E-state index in [1.54, 1.807) is 19.1 Å². The minimum absolute atomic E-state index is 0.0832. The third-order valence-corrected chi connectivity index (χ3v) is 2.81. The van der Waals surface area contributed by atoms with Gasteiger partial charge in [-0.05, 0) is 19.1 Å². The van der Waals surface area contributed by atoms with E-state index in [-0.39, 0.29) is 6.61 Å². The van der Waals surface area contributed by atoms with Crippen LogP contribution >= 0.6 is 15.9 Å². The fraction of sp³-hybridized carbons (Fsp3) is 0.214. The highest BCUT2D eigenvalue weighted by molar-refractivity contribution is 9.10. The molecule has 4 heteroatoms. The van der Waals surface area contributed by atoms with Crippen molar-refractivity contribution in [1.82, 2.24) is 0 Å². The minimum atomic E-state index is -1.15. The van der Waals surface area contributed by atoms with Crippen LogP contribution in [0.4, 0.5) is 4.79 Å². The molecule has 1 aromatic rings. The summed E-state index contributed by atoms with van der Waals surface area (Å²) in [6.45, 7) is 5.15. The van der Waals surface area contributed by atoms with Gasteiger partial charge in [0.15, 0.2) is 5.60 Å². The van der Waals surface area contributed by atoms with Crippen LogP contribution in [0.2, 0.25) is 0 Å². The Kier molecular flexibility index (Phi) is 4.99. The highest BCUT2D eigenvalue weighted by Crippen LogP contribution is 2.26. The Morgan fingerprint density at radius 3 is 2.67 bits per heavy atom. The summed E-state index contributed by atoms with van der Waals surface area (Å²) in [5, 5.41) is 0. The molecular weight excluding hydrogens is 296 g/mol. The van der Waals surface area contributed by atoms with Crippen LogP contribution in [-0.2, 0) is 15.1 Å². The summed E-state index contributed by atoms with van der Waals surface area (Å²) in [4.78, 5) is 11.4. The standard InChI is InChI=1S/C14H13BrO3/c1-4-10-17-13(16)18-14(3,5-2)11-6-8-12(15)9-7-11/h2,4,6-9H,1,10H2,3H3. The van der Waals surface area contributed by atoms with Crippen LogP contribution in [0.3, 0.4) is 0 Å². The van der Waals surface area contributed by atoms with Gasteiger partial charge in [-0.2, -0.15) is 0 Å². The molecule has 0 bridgehead atoms. The minimum Gasteiger partial charge on any atom is -0.430 e. The van der Waals surface area contributed by atoms with Crippen molar-refractivity contribution < 1.29 is 14.3 Å². The van der Waals surface area contributed by atoms with E-state index in [9.17, 15) is 4.79 Å². The number of halogens is 1. The molecule has 18 heavy (non-hydrogen) atoms. The highest BCUT2D eigenvalue weighted by atomic mass is 79.9. The van der Waals surface area contributed by atoms with Gasteiger partial charge in [-0.25, -0.2) is 4.79 Å². The van der Waals surface area contributed by atoms with Crippen LogP contribution in [0.25, 0.3) is 0 Å². The highest BCUT2D eigenvalue weighted by Gasteiger charge is 2.29. The van der Waals surface area contributed by atoms with Gasteiger partial charge in [0.25, 0.3) is 0 Å². The number of rotatable bonds is 4.